The lowest BCUT2D eigenvalue weighted by Gasteiger charge is -2.13. The molecule has 0 aliphatic carbocycles. The molecule has 1 atom stereocenters. The van der Waals surface area contributed by atoms with E-state index in [2.05, 4.69) is 40.5 Å². The van der Waals surface area contributed by atoms with Crippen molar-refractivity contribution in [2.45, 2.75) is 19.9 Å². The quantitative estimate of drug-likeness (QED) is 0.540. The first kappa shape index (κ1) is 17.2. The average Bonchev–Trinajstić information content (AvgIpc) is 3.20. The Kier molecular flexibility index (Phi) is 4.36. The van der Waals surface area contributed by atoms with Crippen molar-refractivity contribution in [2.75, 3.05) is 10.6 Å². The van der Waals surface area contributed by atoms with Crippen LogP contribution in [-0.2, 0) is 7.05 Å². The van der Waals surface area contributed by atoms with E-state index in [9.17, 15) is 4.39 Å². The zero-order valence-corrected chi connectivity index (χ0v) is 15.6. The number of hydrogen-bond acceptors (Lipinski definition) is 9. The first-order valence-electron chi connectivity index (χ1n) is 8.12. The molecule has 4 aromatic heterocycles. The summed E-state index contributed by atoms with van der Waals surface area (Å²) in [5.41, 5.74) is 0.680. The van der Waals surface area contributed by atoms with Crippen LogP contribution in [0, 0.1) is 12.7 Å². The van der Waals surface area contributed by atoms with Crippen LogP contribution in [0.5, 0.6) is 0 Å². The largest absolute Gasteiger partial charge is 0.344 e. The van der Waals surface area contributed by atoms with Gasteiger partial charge in [0.15, 0.2) is 16.5 Å². The molecule has 0 aliphatic heterocycles. The van der Waals surface area contributed by atoms with Gasteiger partial charge in [0.1, 0.15) is 17.2 Å². The summed E-state index contributed by atoms with van der Waals surface area (Å²) in [6.07, 6.45) is 5.80. The molecule has 0 fully saturated rings. The van der Waals surface area contributed by atoms with E-state index in [0.29, 0.717) is 28.9 Å². The minimum atomic E-state index is -0.481. The predicted molar refractivity (Wildman–Crippen MR) is 100 cm³/mol. The Hall–Kier alpha value is -3.21. The molecule has 4 aromatic rings. The molecule has 0 amide bonds. The molecule has 11 heteroatoms. The Labute approximate surface area is 157 Å². The fourth-order valence-electron chi connectivity index (χ4n) is 2.48. The van der Waals surface area contributed by atoms with Crippen LogP contribution in [0.25, 0.3) is 10.3 Å². The number of imidazole rings is 1. The molecular weight excluding hydrogens is 369 g/mol. The van der Waals surface area contributed by atoms with Gasteiger partial charge in [0.25, 0.3) is 0 Å². The normalized spacial score (nSPS) is 12.3. The first-order chi connectivity index (χ1) is 13.0. The van der Waals surface area contributed by atoms with Gasteiger partial charge in [-0.2, -0.15) is 4.98 Å². The van der Waals surface area contributed by atoms with Crippen LogP contribution in [0.15, 0.2) is 24.9 Å². The summed E-state index contributed by atoms with van der Waals surface area (Å²) in [5, 5.41) is 7.22. The smallest absolute Gasteiger partial charge is 0.226 e. The molecule has 9 nitrogen and oxygen atoms in total. The van der Waals surface area contributed by atoms with E-state index >= 15 is 0 Å². The molecule has 2 N–H and O–H groups in total. The SMILES string of the molecule is Cc1nc2c(Nc3cn(C)cn3)nc(N[C@@H](C)c3ncc(F)cn3)nc2s1. The van der Waals surface area contributed by atoms with Crippen molar-refractivity contribution < 1.29 is 4.39 Å². The fourth-order valence-corrected chi connectivity index (χ4v) is 3.27. The van der Waals surface area contributed by atoms with Gasteiger partial charge < -0.3 is 15.2 Å². The molecule has 0 saturated carbocycles. The van der Waals surface area contributed by atoms with Gasteiger partial charge in [0, 0.05) is 13.2 Å². The summed E-state index contributed by atoms with van der Waals surface area (Å²) in [6, 6.07) is -0.306. The van der Waals surface area contributed by atoms with Gasteiger partial charge in [-0.3, -0.25) is 0 Å². The second-order valence-electron chi connectivity index (χ2n) is 5.96. The molecule has 27 heavy (non-hydrogen) atoms. The van der Waals surface area contributed by atoms with Crippen LogP contribution in [0.2, 0.25) is 0 Å². The van der Waals surface area contributed by atoms with Crippen molar-refractivity contribution in [1.29, 1.82) is 0 Å². The standard InChI is InChI=1S/C16H16FN9S/c1-8(13-18-4-10(17)5-19-13)21-16-24-14(23-11-6-26(3)7-20-11)12-15(25-16)27-9(2)22-12/h4-8H,1-3H3,(H2,21,23,24,25)/t8-/m0/s1. The number of rotatable bonds is 5. The van der Waals surface area contributed by atoms with E-state index in [4.69, 9.17) is 0 Å². The van der Waals surface area contributed by atoms with Gasteiger partial charge in [0.2, 0.25) is 5.95 Å². The molecule has 0 spiro atoms. The summed E-state index contributed by atoms with van der Waals surface area (Å²) in [5.74, 6) is 1.57. The lowest BCUT2D eigenvalue weighted by atomic mass is 10.3. The second-order valence-corrected chi connectivity index (χ2v) is 7.14. The van der Waals surface area contributed by atoms with Crippen LogP contribution in [-0.4, -0.2) is 34.5 Å². The minimum absolute atomic E-state index is 0.306. The van der Waals surface area contributed by atoms with E-state index in [-0.39, 0.29) is 6.04 Å². The van der Waals surface area contributed by atoms with Crippen molar-refractivity contribution in [1.82, 2.24) is 34.5 Å². The first-order valence-corrected chi connectivity index (χ1v) is 8.94. The monoisotopic (exact) mass is 385 g/mol. The molecule has 0 aromatic carbocycles. The minimum Gasteiger partial charge on any atom is -0.344 e. The number of hydrogen-bond donors (Lipinski definition) is 2. The highest BCUT2D eigenvalue weighted by Gasteiger charge is 2.16. The number of halogens is 1. The van der Waals surface area contributed by atoms with Crippen molar-refractivity contribution in [3.8, 4) is 0 Å². The number of anilines is 3. The fraction of sp³-hybridized carbons (Fsp3) is 0.250. The highest BCUT2D eigenvalue weighted by molar-refractivity contribution is 7.18. The summed E-state index contributed by atoms with van der Waals surface area (Å²) in [6.45, 7) is 3.77. The van der Waals surface area contributed by atoms with Crippen molar-refractivity contribution in [3.63, 3.8) is 0 Å². The lowest BCUT2D eigenvalue weighted by molar-refractivity contribution is 0.604. The molecule has 0 saturated heterocycles. The molecule has 0 radical (unpaired) electrons. The highest BCUT2D eigenvalue weighted by Crippen LogP contribution is 2.29. The number of nitrogens with zero attached hydrogens (tertiary/aromatic N) is 7. The highest BCUT2D eigenvalue weighted by atomic mass is 32.1. The van der Waals surface area contributed by atoms with Crippen molar-refractivity contribution in [3.05, 3.63) is 41.6 Å². The molecule has 4 rings (SSSR count). The van der Waals surface area contributed by atoms with E-state index in [1.54, 1.807) is 6.33 Å². The lowest BCUT2D eigenvalue weighted by Crippen LogP contribution is -2.13. The summed E-state index contributed by atoms with van der Waals surface area (Å²) in [4.78, 5) is 26.6. The van der Waals surface area contributed by atoms with Gasteiger partial charge >= 0.3 is 0 Å². The van der Waals surface area contributed by atoms with Crippen LogP contribution in [0.1, 0.15) is 23.8 Å². The summed E-state index contributed by atoms with van der Waals surface area (Å²) < 4.78 is 14.9. The molecular formula is C16H16FN9S. The van der Waals surface area contributed by atoms with E-state index in [1.165, 1.54) is 11.3 Å². The van der Waals surface area contributed by atoms with E-state index < -0.39 is 5.82 Å². The number of thiazole rings is 1. The van der Waals surface area contributed by atoms with Crippen molar-refractivity contribution >= 4 is 39.3 Å². The van der Waals surface area contributed by atoms with Gasteiger partial charge in [-0.15, -0.1) is 0 Å². The molecule has 0 bridgehead atoms. The molecule has 138 valence electrons. The Morgan fingerprint density at radius 2 is 1.93 bits per heavy atom. The van der Waals surface area contributed by atoms with Crippen LogP contribution in [0.3, 0.4) is 0 Å². The Bertz CT molecular complexity index is 1090. The maximum absolute atomic E-state index is 13.0. The number of nitrogens with one attached hydrogen (secondary N) is 2. The van der Waals surface area contributed by atoms with Crippen molar-refractivity contribution in [2.24, 2.45) is 7.05 Å². The van der Waals surface area contributed by atoms with Gasteiger partial charge in [0.05, 0.1) is 29.8 Å². The van der Waals surface area contributed by atoms with Crippen LogP contribution >= 0.6 is 11.3 Å². The molecule has 4 heterocycles. The maximum Gasteiger partial charge on any atom is 0.226 e. The molecule has 0 unspecified atom stereocenters. The Morgan fingerprint density at radius 1 is 1.15 bits per heavy atom. The number of aryl methyl sites for hydroxylation is 2. The summed E-state index contributed by atoms with van der Waals surface area (Å²) >= 11 is 1.47. The van der Waals surface area contributed by atoms with Gasteiger partial charge in [-0.1, -0.05) is 11.3 Å². The topological polar surface area (TPSA) is 106 Å². The molecule has 0 aliphatic rings. The van der Waals surface area contributed by atoms with Gasteiger partial charge in [-0.05, 0) is 13.8 Å². The third-order valence-corrected chi connectivity index (χ3v) is 4.55. The number of aromatic nitrogens is 7. The van der Waals surface area contributed by atoms with E-state index in [0.717, 1.165) is 22.2 Å². The van der Waals surface area contributed by atoms with E-state index in [1.807, 2.05) is 31.7 Å². The Morgan fingerprint density at radius 3 is 2.63 bits per heavy atom. The third-order valence-electron chi connectivity index (χ3n) is 3.69. The Balaban J connectivity index is 1.67. The van der Waals surface area contributed by atoms with Crippen LogP contribution in [0.4, 0.5) is 22.0 Å². The maximum atomic E-state index is 13.0. The average molecular weight is 385 g/mol. The van der Waals surface area contributed by atoms with Gasteiger partial charge in [-0.25, -0.2) is 29.3 Å². The zero-order chi connectivity index (χ0) is 19.0. The second kappa shape index (κ2) is 6.83. The predicted octanol–water partition coefficient (Wildman–Crippen LogP) is 2.97. The third kappa shape index (κ3) is 3.67. The zero-order valence-electron chi connectivity index (χ0n) is 14.8. The van der Waals surface area contributed by atoms with Crippen LogP contribution < -0.4 is 10.6 Å². The number of fused-ring (bicyclic) bond motifs is 1. The summed E-state index contributed by atoms with van der Waals surface area (Å²) in [7, 11) is 1.89.